The molecule has 0 atom stereocenters. The van der Waals surface area contributed by atoms with Gasteiger partial charge in [-0.2, -0.15) is 9.78 Å². The van der Waals surface area contributed by atoms with E-state index in [9.17, 15) is 14.4 Å². The highest BCUT2D eigenvalue weighted by Gasteiger charge is 2.30. The van der Waals surface area contributed by atoms with Crippen molar-refractivity contribution in [3.8, 4) is 5.69 Å². The van der Waals surface area contributed by atoms with Gasteiger partial charge in [0, 0.05) is 43.3 Å². The minimum Gasteiger partial charge on any atom is -0.365 e. The molecule has 2 fully saturated rings. The van der Waals surface area contributed by atoms with Crippen molar-refractivity contribution in [2.45, 2.75) is 12.8 Å². The average Bonchev–Trinajstić information content (AvgIpc) is 3.72. The zero-order chi connectivity index (χ0) is 23.7. The van der Waals surface area contributed by atoms with E-state index in [2.05, 4.69) is 10.4 Å². The Morgan fingerprint density at radius 3 is 2.41 bits per heavy atom. The number of carbonyl (C=O) groups excluding carboxylic acids is 2. The lowest BCUT2D eigenvalue weighted by atomic mass is 10.1. The Kier molecular flexibility index (Phi) is 6.06. The molecule has 2 heterocycles. The highest BCUT2D eigenvalue weighted by Crippen LogP contribution is 2.30. The molecule has 2 amide bonds. The number of benzene rings is 2. The lowest BCUT2D eigenvalue weighted by Gasteiger charge is -2.36. The molecule has 34 heavy (non-hydrogen) atoms. The number of rotatable bonds is 5. The molecule has 1 aliphatic carbocycles. The zero-order valence-electron chi connectivity index (χ0n) is 18.5. The Balaban J connectivity index is 1.25. The number of piperazine rings is 1. The van der Waals surface area contributed by atoms with Gasteiger partial charge in [-0.15, -0.1) is 0 Å². The molecule has 2 aliphatic rings. The van der Waals surface area contributed by atoms with Crippen LogP contribution < -0.4 is 15.8 Å². The Hall–Kier alpha value is -3.65. The number of nitrogens with zero attached hydrogens (tertiary/aromatic N) is 4. The van der Waals surface area contributed by atoms with Crippen LogP contribution in [0.5, 0.6) is 0 Å². The van der Waals surface area contributed by atoms with Gasteiger partial charge >= 0.3 is 0 Å². The Bertz CT molecular complexity index is 1280. The van der Waals surface area contributed by atoms with Crippen molar-refractivity contribution < 1.29 is 9.59 Å². The molecule has 2 aromatic carbocycles. The van der Waals surface area contributed by atoms with Crippen molar-refractivity contribution in [1.82, 2.24) is 14.7 Å². The molecule has 8 nitrogen and oxygen atoms in total. The lowest BCUT2D eigenvalue weighted by Crippen LogP contribution is -2.49. The maximum absolute atomic E-state index is 13.1. The number of amides is 2. The van der Waals surface area contributed by atoms with E-state index in [1.54, 1.807) is 47.5 Å². The first-order valence-corrected chi connectivity index (χ1v) is 11.7. The van der Waals surface area contributed by atoms with Crippen molar-refractivity contribution >= 4 is 34.8 Å². The van der Waals surface area contributed by atoms with Crippen LogP contribution in [0.2, 0.25) is 5.02 Å². The minimum atomic E-state index is -0.381. The summed E-state index contributed by atoms with van der Waals surface area (Å²) in [6.45, 7) is 2.02. The Morgan fingerprint density at radius 2 is 1.71 bits per heavy atom. The summed E-state index contributed by atoms with van der Waals surface area (Å²) in [5, 5.41) is 7.30. The van der Waals surface area contributed by atoms with E-state index >= 15 is 0 Å². The van der Waals surface area contributed by atoms with Crippen molar-refractivity contribution in [1.29, 1.82) is 0 Å². The summed E-state index contributed by atoms with van der Waals surface area (Å²) in [5.74, 6) is 0.0207. The topological polar surface area (TPSA) is 87.5 Å². The van der Waals surface area contributed by atoms with Gasteiger partial charge in [-0.25, -0.2) is 0 Å². The standard InChI is InChI=1S/C25H24ClN5O3/c26-22-21(16-27-31(25(22)34)20-7-2-1-3-8-20)29-11-13-30(14-12-29)24(33)18-5-4-6-19(15-18)28-23(32)17-9-10-17/h1-8,15-17H,9-14H2,(H,28,32). The molecule has 3 aromatic rings. The first-order valence-electron chi connectivity index (χ1n) is 11.3. The maximum Gasteiger partial charge on any atom is 0.292 e. The number of para-hydroxylation sites is 1. The number of hydrogen-bond acceptors (Lipinski definition) is 5. The van der Waals surface area contributed by atoms with Crippen molar-refractivity contribution in [3.63, 3.8) is 0 Å². The maximum atomic E-state index is 13.1. The molecular weight excluding hydrogens is 454 g/mol. The van der Waals surface area contributed by atoms with E-state index in [0.717, 1.165) is 12.8 Å². The molecule has 9 heteroatoms. The van der Waals surface area contributed by atoms with E-state index in [4.69, 9.17) is 11.6 Å². The summed E-state index contributed by atoms with van der Waals surface area (Å²) < 4.78 is 1.28. The number of nitrogens with one attached hydrogen (secondary N) is 1. The number of anilines is 2. The van der Waals surface area contributed by atoms with Crippen LogP contribution in [0.1, 0.15) is 23.2 Å². The smallest absolute Gasteiger partial charge is 0.292 e. The van der Waals surface area contributed by atoms with Crippen LogP contribution in [0.15, 0.2) is 65.6 Å². The molecule has 5 rings (SSSR count). The normalized spacial score (nSPS) is 15.8. The molecule has 0 bridgehead atoms. The predicted molar refractivity (Wildman–Crippen MR) is 131 cm³/mol. The second-order valence-electron chi connectivity index (χ2n) is 8.52. The van der Waals surface area contributed by atoms with Crippen molar-refractivity contribution in [3.05, 3.63) is 81.7 Å². The third kappa shape index (κ3) is 4.54. The van der Waals surface area contributed by atoms with Crippen molar-refractivity contribution in [2.24, 2.45) is 5.92 Å². The fraction of sp³-hybridized carbons (Fsp3) is 0.280. The number of carbonyl (C=O) groups is 2. The lowest BCUT2D eigenvalue weighted by molar-refractivity contribution is -0.117. The van der Waals surface area contributed by atoms with Gasteiger partial charge in [0.25, 0.3) is 11.5 Å². The van der Waals surface area contributed by atoms with Gasteiger partial charge in [0.2, 0.25) is 5.91 Å². The molecule has 174 valence electrons. The quantitative estimate of drug-likeness (QED) is 0.609. The molecule has 0 radical (unpaired) electrons. The van der Waals surface area contributed by atoms with E-state index in [1.807, 2.05) is 23.1 Å². The second kappa shape index (κ2) is 9.30. The third-order valence-corrected chi connectivity index (χ3v) is 6.49. The molecular formula is C25H24ClN5O3. The fourth-order valence-electron chi connectivity index (χ4n) is 4.05. The molecule has 1 saturated carbocycles. The minimum absolute atomic E-state index is 0.0119. The average molecular weight is 478 g/mol. The SMILES string of the molecule is O=C(Nc1cccc(C(=O)N2CCN(c3cnn(-c4ccccc4)c(=O)c3Cl)CC2)c1)C1CC1. The van der Waals surface area contributed by atoms with Gasteiger partial charge in [-0.3, -0.25) is 14.4 Å². The van der Waals surface area contributed by atoms with Crippen LogP contribution in [-0.2, 0) is 4.79 Å². The largest absolute Gasteiger partial charge is 0.365 e. The number of hydrogen-bond donors (Lipinski definition) is 1. The monoisotopic (exact) mass is 477 g/mol. The van der Waals surface area contributed by atoms with Gasteiger partial charge in [0.05, 0.1) is 17.6 Å². The number of halogens is 1. The van der Waals surface area contributed by atoms with Crippen LogP contribution in [0, 0.1) is 5.92 Å². The van der Waals surface area contributed by atoms with Crippen LogP contribution in [0.4, 0.5) is 11.4 Å². The molecule has 1 aromatic heterocycles. The summed E-state index contributed by atoms with van der Waals surface area (Å²) in [6.07, 6.45) is 3.45. The molecule has 1 aliphatic heterocycles. The van der Waals surface area contributed by atoms with Gasteiger partial charge < -0.3 is 15.1 Å². The van der Waals surface area contributed by atoms with Gasteiger partial charge in [0.1, 0.15) is 5.02 Å². The first-order chi connectivity index (χ1) is 16.5. The number of aromatic nitrogens is 2. The molecule has 0 spiro atoms. The molecule has 1 N–H and O–H groups in total. The highest BCUT2D eigenvalue weighted by atomic mass is 35.5. The predicted octanol–water partition coefficient (Wildman–Crippen LogP) is 3.20. The Labute approximate surface area is 201 Å². The second-order valence-corrected chi connectivity index (χ2v) is 8.90. The van der Waals surface area contributed by atoms with Crippen LogP contribution in [0.3, 0.4) is 0 Å². The van der Waals surface area contributed by atoms with E-state index in [-0.39, 0.29) is 28.3 Å². The summed E-state index contributed by atoms with van der Waals surface area (Å²) in [6, 6.07) is 16.2. The fourth-order valence-corrected chi connectivity index (χ4v) is 4.30. The summed E-state index contributed by atoms with van der Waals surface area (Å²) >= 11 is 6.43. The summed E-state index contributed by atoms with van der Waals surface area (Å²) in [4.78, 5) is 41.6. The summed E-state index contributed by atoms with van der Waals surface area (Å²) in [7, 11) is 0. The van der Waals surface area contributed by atoms with Crippen molar-refractivity contribution in [2.75, 3.05) is 36.4 Å². The van der Waals surface area contributed by atoms with Crippen LogP contribution >= 0.6 is 11.6 Å². The van der Waals surface area contributed by atoms with Crippen LogP contribution in [-0.4, -0.2) is 52.7 Å². The van der Waals surface area contributed by atoms with Gasteiger partial charge in [-0.1, -0.05) is 35.9 Å². The van der Waals surface area contributed by atoms with E-state index < -0.39 is 0 Å². The Morgan fingerprint density at radius 1 is 0.971 bits per heavy atom. The van der Waals surface area contributed by atoms with Crippen LogP contribution in [0.25, 0.3) is 5.69 Å². The molecule has 1 saturated heterocycles. The van der Waals surface area contributed by atoms with Gasteiger partial charge in [0.15, 0.2) is 0 Å². The van der Waals surface area contributed by atoms with Gasteiger partial charge in [-0.05, 0) is 43.2 Å². The zero-order valence-corrected chi connectivity index (χ0v) is 19.2. The summed E-state index contributed by atoms with van der Waals surface area (Å²) in [5.41, 5.74) is 2.00. The van der Waals surface area contributed by atoms with E-state index in [0.29, 0.717) is 48.8 Å². The third-order valence-electron chi connectivity index (χ3n) is 6.13. The highest BCUT2D eigenvalue weighted by molar-refractivity contribution is 6.33. The molecule has 0 unspecified atom stereocenters. The first kappa shape index (κ1) is 22.2. The van der Waals surface area contributed by atoms with E-state index in [1.165, 1.54) is 4.68 Å².